The topological polar surface area (TPSA) is 49.8 Å². The third-order valence-corrected chi connectivity index (χ3v) is 3.85. The number of amides is 1. The molecular weight excluding hydrogens is 249 g/mol. The number of ether oxygens (including phenoxy) is 1. The van der Waals surface area contributed by atoms with Crippen LogP contribution in [-0.4, -0.2) is 30.3 Å². The molecule has 1 aliphatic carbocycles. The summed E-state index contributed by atoms with van der Waals surface area (Å²) in [6, 6.07) is 4.17. The molecule has 1 aromatic carbocycles. The monoisotopic (exact) mass is 265 g/mol. The number of benzene rings is 1. The summed E-state index contributed by atoms with van der Waals surface area (Å²) in [7, 11) is 0. The van der Waals surface area contributed by atoms with Crippen LogP contribution in [0.4, 0.5) is 10.1 Å². The van der Waals surface area contributed by atoms with Crippen LogP contribution in [0.3, 0.4) is 0 Å². The number of nitrogens with zero attached hydrogens (tertiary/aromatic N) is 1. The largest absolute Gasteiger partial charge is 0.489 e. The van der Waals surface area contributed by atoms with Gasteiger partial charge in [-0.2, -0.15) is 0 Å². The van der Waals surface area contributed by atoms with Crippen molar-refractivity contribution in [3.05, 3.63) is 24.0 Å². The van der Waals surface area contributed by atoms with Gasteiger partial charge in [-0.05, 0) is 31.4 Å². The zero-order chi connectivity index (χ0) is 13.4. The molecule has 1 heterocycles. The maximum absolute atomic E-state index is 13.2. The average molecular weight is 265 g/mol. The number of halogens is 1. The molecule has 0 spiro atoms. The van der Waals surface area contributed by atoms with Gasteiger partial charge in [0.15, 0.2) is 0 Å². The molecule has 4 nitrogen and oxygen atoms in total. The molecule has 2 atom stereocenters. The highest BCUT2D eigenvalue weighted by molar-refractivity contribution is 5.97. The molecule has 1 fully saturated rings. The van der Waals surface area contributed by atoms with Crippen molar-refractivity contribution in [2.24, 2.45) is 5.92 Å². The number of fused-ring (bicyclic) bond motifs is 1. The van der Waals surface area contributed by atoms with Crippen molar-refractivity contribution >= 4 is 11.6 Å². The number of hydrogen-bond acceptors (Lipinski definition) is 3. The number of carbonyl (C=O) groups is 1. The first-order valence-electron chi connectivity index (χ1n) is 6.58. The first-order valence-corrected chi connectivity index (χ1v) is 6.58. The van der Waals surface area contributed by atoms with Gasteiger partial charge in [0.05, 0.1) is 24.3 Å². The Bertz CT molecular complexity index is 505. The van der Waals surface area contributed by atoms with Crippen LogP contribution in [0.1, 0.15) is 19.3 Å². The molecule has 1 aromatic rings. The second-order valence-electron chi connectivity index (χ2n) is 5.06. The van der Waals surface area contributed by atoms with Gasteiger partial charge in [0.1, 0.15) is 18.2 Å². The lowest BCUT2D eigenvalue weighted by atomic mass is 10.0. The van der Waals surface area contributed by atoms with Crippen LogP contribution in [0.15, 0.2) is 18.2 Å². The summed E-state index contributed by atoms with van der Waals surface area (Å²) < 4.78 is 18.5. The zero-order valence-corrected chi connectivity index (χ0v) is 10.5. The van der Waals surface area contributed by atoms with Gasteiger partial charge in [-0.15, -0.1) is 0 Å². The van der Waals surface area contributed by atoms with Crippen molar-refractivity contribution in [3.63, 3.8) is 0 Å². The minimum absolute atomic E-state index is 0.0823. The van der Waals surface area contributed by atoms with E-state index in [1.165, 1.54) is 12.1 Å². The molecule has 0 bridgehead atoms. The predicted molar refractivity (Wildman–Crippen MR) is 67.6 cm³/mol. The summed E-state index contributed by atoms with van der Waals surface area (Å²) in [4.78, 5) is 14.1. The molecule has 1 aliphatic heterocycles. The Balaban J connectivity index is 1.89. The summed E-state index contributed by atoms with van der Waals surface area (Å²) in [6.45, 7) is 0.797. The van der Waals surface area contributed by atoms with E-state index in [2.05, 4.69) is 0 Å². The molecule has 0 radical (unpaired) electrons. The van der Waals surface area contributed by atoms with Crippen LogP contribution >= 0.6 is 0 Å². The lowest BCUT2D eigenvalue weighted by molar-refractivity contribution is -0.125. The van der Waals surface area contributed by atoms with Crippen LogP contribution in [-0.2, 0) is 4.79 Å². The van der Waals surface area contributed by atoms with Crippen LogP contribution in [0.2, 0.25) is 0 Å². The van der Waals surface area contributed by atoms with E-state index in [9.17, 15) is 14.3 Å². The fourth-order valence-corrected chi connectivity index (χ4v) is 2.85. The zero-order valence-electron chi connectivity index (χ0n) is 10.5. The Labute approximate surface area is 110 Å². The highest BCUT2D eigenvalue weighted by Gasteiger charge is 2.36. The quantitative estimate of drug-likeness (QED) is 0.841. The van der Waals surface area contributed by atoms with E-state index in [0.717, 1.165) is 6.42 Å². The van der Waals surface area contributed by atoms with Gasteiger partial charge >= 0.3 is 0 Å². The Hall–Kier alpha value is -1.62. The van der Waals surface area contributed by atoms with Crippen LogP contribution in [0.25, 0.3) is 0 Å². The number of hydrogen-bond donors (Lipinski definition) is 1. The van der Waals surface area contributed by atoms with Gasteiger partial charge in [-0.3, -0.25) is 4.79 Å². The van der Waals surface area contributed by atoms with Gasteiger partial charge < -0.3 is 14.7 Å². The van der Waals surface area contributed by atoms with Crippen LogP contribution in [0.5, 0.6) is 5.75 Å². The third kappa shape index (κ3) is 2.18. The van der Waals surface area contributed by atoms with Crippen molar-refractivity contribution < 1.29 is 19.0 Å². The lowest BCUT2D eigenvalue weighted by Gasteiger charge is -2.32. The first kappa shape index (κ1) is 12.4. The maximum atomic E-state index is 13.2. The Morgan fingerprint density at radius 2 is 2.26 bits per heavy atom. The smallest absolute Gasteiger partial charge is 0.232 e. The number of aliphatic hydroxyl groups excluding tert-OH is 1. The first-order chi connectivity index (χ1) is 9.16. The van der Waals surface area contributed by atoms with Crippen molar-refractivity contribution in [1.29, 1.82) is 0 Å². The standard InChI is InChI=1S/C14H16FNO3/c15-9-4-5-11-13(8-9)19-7-6-16(11)14(18)10-2-1-3-12(10)17/h4-5,8,10,12,17H,1-3,6-7H2. The van der Waals surface area contributed by atoms with E-state index in [0.29, 0.717) is 37.4 Å². The maximum Gasteiger partial charge on any atom is 0.232 e. The number of rotatable bonds is 1. The Kier molecular flexibility index (Phi) is 3.14. The number of carbonyl (C=O) groups excluding carboxylic acids is 1. The van der Waals surface area contributed by atoms with Gasteiger partial charge in [-0.25, -0.2) is 4.39 Å². The molecule has 1 saturated carbocycles. The Morgan fingerprint density at radius 1 is 1.42 bits per heavy atom. The molecule has 0 saturated heterocycles. The van der Waals surface area contributed by atoms with E-state index in [4.69, 9.17) is 4.74 Å². The fourth-order valence-electron chi connectivity index (χ4n) is 2.85. The van der Waals surface area contributed by atoms with E-state index in [-0.39, 0.29) is 17.6 Å². The van der Waals surface area contributed by atoms with Crippen molar-refractivity contribution in [2.75, 3.05) is 18.1 Å². The molecule has 1 amide bonds. The summed E-state index contributed by atoms with van der Waals surface area (Å²) in [5, 5.41) is 9.84. The molecule has 19 heavy (non-hydrogen) atoms. The summed E-state index contributed by atoms with van der Waals surface area (Å²) >= 11 is 0. The van der Waals surface area contributed by atoms with E-state index < -0.39 is 6.10 Å². The second-order valence-corrected chi connectivity index (χ2v) is 5.06. The predicted octanol–water partition coefficient (Wildman–Crippen LogP) is 1.71. The SMILES string of the molecule is O=C(C1CCCC1O)N1CCOc2cc(F)ccc21. The van der Waals surface area contributed by atoms with Crippen LogP contribution < -0.4 is 9.64 Å². The fraction of sp³-hybridized carbons (Fsp3) is 0.500. The van der Waals surface area contributed by atoms with Gasteiger partial charge in [0.25, 0.3) is 0 Å². The molecule has 1 N–H and O–H groups in total. The van der Waals surface area contributed by atoms with Crippen LogP contribution in [0, 0.1) is 11.7 Å². The number of anilines is 1. The molecular formula is C14H16FNO3. The minimum Gasteiger partial charge on any atom is -0.489 e. The molecule has 0 aromatic heterocycles. The average Bonchev–Trinajstić information content (AvgIpc) is 2.83. The minimum atomic E-state index is -0.556. The van der Waals surface area contributed by atoms with Crippen molar-refractivity contribution in [1.82, 2.24) is 0 Å². The molecule has 2 unspecified atom stereocenters. The van der Waals surface area contributed by atoms with Gasteiger partial charge in [0.2, 0.25) is 5.91 Å². The van der Waals surface area contributed by atoms with E-state index in [1.54, 1.807) is 11.0 Å². The molecule has 2 aliphatic rings. The summed E-state index contributed by atoms with van der Waals surface area (Å²) in [5.74, 6) is -0.404. The lowest BCUT2D eigenvalue weighted by Crippen LogP contribution is -2.43. The number of aliphatic hydroxyl groups is 1. The Morgan fingerprint density at radius 3 is 3.00 bits per heavy atom. The highest BCUT2D eigenvalue weighted by atomic mass is 19.1. The van der Waals surface area contributed by atoms with E-state index in [1.807, 2.05) is 0 Å². The van der Waals surface area contributed by atoms with E-state index >= 15 is 0 Å². The third-order valence-electron chi connectivity index (χ3n) is 3.85. The highest BCUT2D eigenvalue weighted by Crippen LogP contribution is 2.35. The molecule has 3 rings (SSSR count). The second kappa shape index (κ2) is 4.81. The summed E-state index contributed by atoms with van der Waals surface area (Å²) in [6.07, 6.45) is 1.71. The molecule has 102 valence electrons. The summed E-state index contributed by atoms with van der Waals surface area (Å²) in [5.41, 5.74) is 0.594. The normalized spacial score (nSPS) is 25.9. The molecule has 5 heteroatoms. The van der Waals surface area contributed by atoms with Crippen molar-refractivity contribution in [3.8, 4) is 5.75 Å². The van der Waals surface area contributed by atoms with Gasteiger partial charge in [0, 0.05) is 6.07 Å². The van der Waals surface area contributed by atoms with Crippen molar-refractivity contribution in [2.45, 2.75) is 25.4 Å². The van der Waals surface area contributed by atoms with Gasteiger partial charge in [-0.1, -0.05) is 0 Å².